The van der Waals surface area contributed by atoms with E-state index >= 15 is 9.59 Å². The van der Waals surface area contributed by atoms with Crippen LogP contribution in [0.5, 0.6) is 0 Å². The van der Waals surface area contributed by atoms with E-state index in [1.165, 1.54) is 4.90 Å². The third-order valence-electron chi connectivity index (χ3n) is 10.7. The number of fused-ring (bicyclic) bond motifs is 1. The lowest BCUT2D eigenvalue weighted by Crippen LogP contribution is -2.58. The molecule has 1 spiro atoms. The van der Waals surface area contributed by atoms with E-state index < -0.39 is 66.1 Å². The first-order chi connectivity index (χ1) is 25.6. The monoisotopic (exact) mass is 783 g/mol. The van der Waals surface area contributed by atoms with Gasteiger partial charge in [0.2, 0.25) is 11.8 Å². The van der Waals surface area contributed by atoms with Crippen LogP contribution in [0.4, 0.5) is 5.69 Å². The van der Waals surface area contributed by atoms with E-state index in [2.05, 4.69) is 34.4 Å². The second kappa shape index (κ2) is 16.2. The number of benzene rings is 3. The predicted molar refractivity (Wildman–Crippen MR) is 205 cm³/mol. The minimum absolute atomic E-state index is 0.119. The Morgan fingerprint density at radius 3 is 2.38 bits per heavy atom. The molecule has 0 radical (unpaired) electrons. The number of rotatable bonds is 15. The van der Waals surface area contributed by atoms with Gasteiger partial charge in [0.05, 0.1) is 36.6 Å². The van der Waals surface area contributed by atoms with Gasteiger partial charge in [0.15, 0.2) is 0 Å². The molecular weight excluding hydrogens is 738 g/mol. The molecule has 3 heterocycles. The topological polar surface area (TPSA) is 125 Å². The fraction of sp³-hybridized carbons (Fsp3) is 0.381. The van der Waals surface area contributed by atoms with E-state index in [1.807, 2.05) is 92.7 Å². The summed E-state index contributed by atoms with van der Waals surface area (Å²) >= 11 is 3.77. The maximum absolute atomic E-state index is 15.3. The van der Waals surface area contributed by atoms with Crippen LogP contribution in [0.1, 0.15) is 53.6 Å². The molecule has 2 bridgehead atoms. The Labute approximate surface area is 319 Å². The highest BCUT2D eigenvalue weighted by molar-refractivity contribution is 9.09. The first-order valence-electron chi connectivity index (χ1n) is 18.0. The normalized spacial score (nSPS) is 25.3. The van der Waals surface area contributed by atoms with Gasteiger partial charge in [-0.1, -0.05) is 101 Å². The van der Waals surface area contributed by atoms with E-state index in [9.17, 15) is 14.7 Å². The number of halogens is 1. The lowest BCUT2D eigenvalue weighted by molar-refractivity contribution is -0.146. The van der Waals surface area contributed by atoms with Crippen molar-refractivity contribution in [2.24, 2.45) is 11.8 Å². The number of alkyl halides is 1. The zero-order chi connectivity index (χ0) is 37.9. The molecule has 3 amide bonds. The number of carbonyl (C=O) groups excluding carboxylic acids is 4. The summed E-state index contributed by atoms with van der Waals surface area (Å²) in [6, 6.07) is 21.3. The second-order valence-corrected chi connectivity index (χ2v) is 15.2. The molecule has 0 aliphatic carbocycles. The van der Waals surface area contributed by atoms with Crippen molar-refractivity contribution in [2.45, 2.75) is 67.8 Å². The zero-order valence-electron chi connectivity index (χ0n) is 30.0. The maximum Gasteiger partial charge on any atom is 0.306 e. The summed E-state index contributed by atoms with van der Waals surface area (Å²) in [4.78, 5) is 60.1. The van der Waals surface area contributed by atoms with Crippen LogP contribution in [0.15, 0.2) is 104 Å². The zero-order valence-corrected chi connectivity index (χ0v) is 31.6. The number of nitrogens with one attached hydrogen (secondary N) is 1. The van der Waals surface area contributed by atoms with Gasteiger partial charge in [-0.3, -0.25) is 19.2 Å². The van der Waals surface area contributed by atoms with E-state index in [1.54, 1.807) is 17.1 Å². The lowest BCUT2D eigenvalue weighted by atomic mass is 9.70. The van der Waals surface area contributed by atoms with Crippen molar-refractivity contribution in [3.63, 3.8) is 0 Å². The van der Waals surface area contributed by atoms with E-state index in [-0.39, 0.29) is 36.7 Å². The van der Waals surface area contributed by atoms with Gasteiger partial charge >= 0.3 is 5.97 Å². The lowest BCUT2D eigenvalue weighted by Gasteiger charge is -2.39. The van der Waals surface area contributed by atoms with Gasteiger partial charge < -0.3 is 29.7 Å². The number of hydrogen-bond donors (Lipinski definition) is 2. The van der Waals surface area contributed by atoms with E-state index in [0.29, 0.717) is 17.7 Å². The van der Waals surface area contributed by atoms with E-state index in [4.69, 9.17) is 9.47 Å². The first kappa shape index (κ1) is 38.2. The number of aliphatic hydroxyl groups is 1. The van der Waals surface area contributed by atoms with Crippen LogP contribution in [0, 0.1) is 25.7 Å². The highest BCUT2D eigenvalue weighted by Gasteiger charge is 2.77. The van der Waals surface area contributed by atoms with Gasteiger partial charge in [-0.05, 0) is 55.0 Å². The summed E-state index contributed by atoms with van der Waals surface area (Å²) in [6.07, 6.45) is 3.45. The Bertz CT molecular complexity index is 1860. The summed E-state index contributed by atoms with van der Waals surface area (Å²) < 4.78 is 12.4. The maximum atomic E-state index is 15.3. The van der Waals surface area contributed by atoms with Gasteiger partial charge in [0.1, 0.15) is 18.2 Å². The number of aliphatic hydroxyl groups excluding tert-OH is 1. The quantitative estimate of drug-likeness (QED) is 0.116. The Kier molecular flexibility index (Phi) is 11.7. The average molecular weight is 785 g/mol. The molecule has 278 valence electrons. The minimum Gasteiger partial charge on any atom is -0.463 e. The van der Waals surface area contributed by atoms with Gasteiger partial charge in [0.25, 0.3) is 5.91 Å². The molecule has 3 aliphatic rings. The highest BCUT2D eigenvalue weighted by Crippen LogP contribution is 2.61. The number of allylic oxidation sites excluding steroid dienone is 1. The molecule has 10 nitrogen and oxygen atoms in total. The number of hydrogen-bond acceptors (Lipinski definition) is 7. The van der Waals surface area contributed by atoms with Gasteiger partial charge in [0, 0.05) is 23.5 Å². The molecule has 2 N–H and O–H groups in total. The van der Waals surface area contributed by atoms with E-state index in [0.717, 1.165) is 16.7 Å². The number of carbonyl (C=O) groups is 4. The average Bonchev–Trinajstić information content (AvgIpc) is 3.76. The van der Waals surface area contributed by atoms with Crippen LogP contribution in [-0.2, 0) is 28.7 Å². The number of nitrogens with zero attached hydrogens (tertiary/aromatic N) is 2. The smallest absolute Gasteiger partial charge is 0.306 e. The molecule has 3 aromatic carbocycles. The van der Waals surface area contributed by atoms with Crippen LogP contribution < -0.4 is 10.2 Å². The number of aryl methyl sites for hydroxylation is 2. The SMILES string of the molecule is C=CCCC(=O)OC[C@H](NC(=O)[C@H]1[C@@H]2O[C@@]3(CC2Br)[C@@H]1C(=O)N([C@H](CO)c1ccccc1)[C@@H]3C(=O)N(CC=C)c1cc(C)ccc1C)c1ccccc1. The Balaban J connectivity index is 1.41. The van der Waals surface area contributed by atoms with Crippen molar-refractivity contribution in [2.75, 3.05) is 24.7 Å². The molecular formula is C42H46BrN3O7. The Morgan fingerprint density at radius 2 is 1.74 bits per heavy atom. The van der Waals surface area contributed by atoms with Crippen LogP contribution in [0.2, 0.25) is 0 Å². The highest BCUT2D eigenvalue weighted by atomic mass is 79.9. The number of amides is 3. The number of anilines is 1. The van der Waals surface area contributed by atoms with Crippen LogP contribution in [-0.4, -0.2) is 76.0 Å². The molecule has 11 heteroatoms. The first-order valence-corrected chi connectivity index (χ1v) is 18.9. The number of likely N-dealkylation sites (tertiary alicyclic amines) is 1. The summed E-state index contributed by atoms with van der Waals surface area (Å²) in [7, 11) is 0. The second-order valence-electron chi connectivity index (χ2n) is 14.0. The third kappa shape index (κ3) is 7.22. The van der Waals surface area contributed by atoms with Crippen molar-refractivity contribution in [3.05, 3.63) is 126 Å². The van der Waals surface area contributed by atoms with Gasteiger partial charge in [-0.15, -0.1) is 13.2 Å². The molecule has 1 unspecified atom stereocenters. The summed E-state index contributed by atoms with van der Waals surface area (Å²) in [5, 5.41) is 14.0. The Hall–Kier alpha value is -4.58. The fourth-order valence-corrected chi connectivity index (χ4v) is 9.19. The van der Waals surface area contributed by atoms with Crippen molar-refractivity contribution in [3.8, 4) is 0 Å². The van der Waals surface area contributed by atoms with Crippen LogP contribution >= 0.6 is 15.9 Å². The summed E-state index contributed by atoms with van der Waals surface area (Å²) in [5.41, 5.74) is 2.46. The minimum atomic E-state index is -1.40. The number of esters is 1. The largest absolute Gasteiger partial charge is 0.463 e. The molecule has 53 heavy (non-hydrogen) atoms. The predicted octanol–water partition coefficient (Wildman–Crippen LogP) is 5.67. The van der Waals surface area contributed by atoms with Gasteiger partial charge in [-0.25, -0.2) is 0 Å². The van der Waals surface area contributed by atoms with Crippen molar-refractivity contribution < 1.29 is 33.8 Å². The van der Waals surface area contributed by atoms with Crippen LogP contribution in [0.25, 0.3) is 0 Å². The third-order valence-corrected chi connectivity index (χ3v) is 11.5. The van der Waals surface area contributed by atoms with Crippen molar-refractivity contribution in [1.29, 1.82) is 0 Å². The number of ether oxygens (including phenoxy) is 2. The molecule has 0 saturated carbocycles. The van der Waals surface area contributed by atoms with Crippen molar-refractivity contribution in [1.82, 2.24) is 10.2 Å². The summed E-state index contributed by atoms with van der Waals surface area (Å²) in [6.45, 7) is 11.0. The Morgan fingerprint density at radius 1 is 1.06 bits per heavy atom. The molecule has 3 saturated heterocycles. The molecule has 8 atom stereocenters. The fourth-order valence-electron chi connectivity index (χ4n) is 8.25. The molecule has 3 aromatic rings. The summed E-state index contributed by atoms with van der Waals surface area (Å²) in [5.74, 6) is -3.74. The molecule has 6 rings (SSSR count). The molecule has 0 aromatic heterocycles. The van der Waals surface area contributed by atoms with Gasteiger partial charge in [-0.2, -0.15) is 0 Å². The molecule has 3 aliphatic heterocycles. The van der Waals surface area contributed by atoms with Crippen LogP contribution in [0.3, 0.4) is 0 Å². The standard InChI is InChI=1S/C42H46BrN3O7/c1-5-7-18-34(48)52-25-31(28-14-10-8-11-15-28)44-39(49)35-36-40(50)46(33(24-47)29-16-12-9-13-17-29)38(42(36)23-30(43)37(35)53-42)41(51)45(21-6-2)32-22-26(3)19-20-27(32)4/h5-6,8-17,19-20,22,30-31,33,35-38,47H,1-2,7,18,21,23-25H2,3-4H3,(H,44,49)/t30?,31-,33+,35+,36-,37+,38+,42-/m0/s1. The molecule has 3 fully saturated rings. The van der Waals surface area contributed by atoms with Crippen molar-refractivity contribution >= 4 is 45.3 Å².